The topological polar surface area (TPSA) is 40.7 Å². The maximum atomic E-state index is 6.06. The van der Waals surface area contributed by atoms with Crippen molar-refractivity contribution >= 4 is 34.2 Å². The Bertz CT molecular complexity index is 599. The molecule has 0 radical (unpaired) electrons. The van der Waals surface area contributed by atoms with Crippen molar-refractivity contribution in [1.82, 2.24) is 15.3 Å². The first-order valence-corrected chi connectivity index (χ1v) is 8.07. The van der Waals surface area contributed by atoms with Crippen LogP contribution in [-0.4, -0.2) is 16.0 Å². The molecule has 4 rings (SSSR count). The second-order valence-electron chi connectivity index (χ2n) is 6.01. The number of nitrogens with one attached hydrogen (secondary N) is 2. The zero-order chi connectivity index (χ0) is 13.7. The van der Waals surface area contributed by atoms with E-state index in [4.69, 9.17) is 28.2 Å². The van der Waals surface area contributed by atoms with E-state index in [9.17, 15) is 0 Å². The van der Waals surface area contributed by atoms with Gasteiger partial charge in [-0.15, -0.1) is 0 Å². The van der Waals surface area contributed by atoms with E-state index < -0.39 is 0 Å². The summed E-state index contributed by atoms with van der Waals surface area (Å²) >= 11 is 12.1. The molecule has 3 nitrogen and oxygen atoms in total. The molecule has 1 aromatic heterocycles. The van der Waals surface area contributed by atoms with Gasteiger partial charge >= 0.3 is 0 Å². The molecule has 1 aliphatic carbocycles. The Kier molecular flexibility index (Phi) is 3.17. The minimum Gasteiger partial charge on any atom is -0.341 e. The Balaban J connectivity index is 1.65. The fourth-order valence-corrected chi connectivity index (χ4v) is 4.04. The average molecular weight is 310 g/mol. The largest absolute Gasteiger partial charge is 0.341 e. The number of fused-ring (bicyclic) bond motifs is 2. The van der Waals surface area contributed by atoms with Gasteiger partial charge in [0.05, 0.1) is 27.1 Å². The van der Waals surface area contributed by atoms with Crippen LogP contribution >= 0.6 is 23.2 Å². The highest BCUT2D eigenvalue weighted by atomic mass is 35.5. The molecule has 2 aliphatic rings. The summed E-state index contributed by atoms with van der Waals surface area (Å²) in [6.07, 6.45) is 6.57. The van der Waals surface area contributed by atoms with Gasteiger partial charge in [0.25, 0.3) is 0 Å². The molecule has 1 saturated carbocycles. The summed E-state index contributed by atoms with van der Waals surface area (Å²) in [6, 6.07) is 4.71. The quantitative estimate of drug-likeness (QED) is 0.816. The van der Waals surface area contributed by atoms with Crippen molar-refractivity contribution in [2.75, 3.05) is 0 Å². The van der Waals surface area contributed by atoms with Crippen molar-refractivity contribution in [2.45, 2.75) is 44.2 Å². The van der Waals surface area contributed by atoms with Crippen molar-refractivity contribution in [3.05, 3.63) is 28.0 Å². The van der Waals surface area contributed by atoms with Crippen LogP contribution in [-0.2, 0) is 0 Å². The van der Waals surface area contributed by atoms with Crippen LogP contribution in [0.4, 0.5) is 0 Å². The van der Waals surface area contributed by atoms with Crippen LogP contribution in [0.1, 0.15) is 44.0 Å². The molecule has 2 heterocycles. The van der Waals surface area contributed by atoms with Gasteiger partial charge in [-0.25, -0.2) is 4.98 Å². The third-order valence-corrected chi connectivity index (χ3v) is 5.46. The molecule has 0 amide bonds. The van der Waals surface area contributed by atoms with Gasteiger partial charge in [-0.3, -0.25) is 0 Å². The third kappa shape index (κ3) is 2.12. The summed E-state index contributed by atoms with van der Waals surface area (Å²) in [5, 5.41) is 4.87. The Labute approximate surface area is 128 Å². The van der Waals surface area contributed by atoms with E-state index in [-0.39, 0.29) is 0 Å². The Morgan fingerprint density at radius 1 is 1.10 bits per heavy atom. The Morgan fingerprint density at radius 2 is 1.90 bits per heavy atom. The lowest BCUT2D eigenvalue weighted by molar-refractivity contribution is 0.325. The summed E-state index contributed by atoms with van der Waals surface area (Å²) < 4.78 is 0. The zero-order valence-corrected chi connectivity index (χ0v) is 12.6. The number of imidazole rings is 1. The van der Waals surface area contributed by atoms with Crippen LogP contribution in [0.5, 0.6) is 0 Å². The molecule has 2 aromatic rings. The summed E-state index contributed by atoms with van der Waals surface area (Å²) in [7, 11) is 0. The van der Waals surface area contributed by atoms with Crippen LogP contribution in [0, 0.1) is 5.92 Å². The number of H-pyrrole nitrogens is 1. The van der Waals surface area contributed by atoms with Gasteiger partial charge in [-0.2, -0.15) is 0 Å². The number of halogens is 2. The summed E-state index contributed by atoms with van der Waals surface area (Å²) in [6.45, 7) is 0. The molecule has 1 saturated heterocycles. The molecule has 106 valence electrons. The van der Waals surface area contributed by atoms with Crippen LogP contribution in [0.25, 0.3) is 11.0 Å². The van der Waals surface area contributed by atoms with Crippen molar-refractivity contribution in [1.29, 1.82) is 0 Å². The Hall–Kier alpha value is -0.770. The lowest BCUT2D eigenvalue weighted by Crippen LogP contribution is -2.30. The highest BCUT2D eigenvalue weighted by Gasteiger charge is 2.36. The standard InChI is InChI=1S/C15H17Cl2N3/c16-9-6-12-13(7-10(9)17)20-15(19-12)14-5-8-3-1-2-4-11(8)18-14/h6-8,11,14,18H,1-5H2,(H,19,20). The number of benzene rings is 1. The number of rotatable bonds is 1. The fourth-order valence-electron chi connectivity index (χ4n) is 3.72. The molecule has 2 fully saturated rings. The van der Waals surface area contributed by atoms with E-state index >= 15 is 0 Å². The summed E-state index contributed by atoms with van der Waals surface area (Å²) in [5.41, 5.74) is 1.86. The lowest BCUT2D eigenvalue weighted by atomic mass is 9.85. The van der Waals surface area contributed by atoms with Gasteiger partial charge in [0.1, 0.15) is 5.82 Å². The smallest absolute Gasteiger partial charge is 0.124 e. The number of nitrogens with zero attached hydrogens (tertiary/aromatic N) is 1. The molecule has 2 N–H and O–H groups in total. The van der Waals surface area contributed by atoms with Crippen molar-refractivity contribution in [2.24, 2.45) is 5.92 Å². The number of hydrogen-bond acceptors (Lipinski definition) is 2. The van der Waals surface area contributed by atoms with E-state index in [1.807, 2.05) is 12.1 Å². The maximum absolute atomic E-state index is 6.06. The summed E-state index contributed by atoms with van der Waals surface area (Å²) in [4.78, 5) is 8.09. The second kappa shape index (κ2) is 4.90. The normalized spacial score (nSPS) is 29.8. The third-order valence-electron chi connectivity index (χ3n) is 4.74. The van der Waals surface area contributed by atoms with Crippen LogP contribution in [0.3, 0.4) is 0 Å². The van der Waals surface area contributed by atoms with E-state index in [0.717, 1.165) is 22.8 Å². The van der Waals surface area contributed by atoms with E-state index in [1.54, 1.807) is 0 Å². The molecule has 0 spiro atoms. The van der Waals surface area contributed by atoms with E-state index in [1.165, 1.54) is 32.1 Å². The zero-order valence-electron chi connectivity index (χ0n) is 11.1. The molecule has 20 heavy (non-hydrogen) atoms. The number of aromatic nitrogens is 2. The molecule has 3 unspecified atom stereocenters. The molecule has 3 atom stereocenters. The van der Waals surface area contributed by atoms with Crippen molar-refractivity contribution < 1.29 is 0 Å². The Morgan fingerprint density at radius 3 is 2.75 bits per heavy atom. The molecule has 1 aromatic carbocycles. The first-order chi connectivity index (χ1) is 9.70. The van der Waals surface area contributed by atoms with Crippen molar-refractivity contribution in [3.8, 4) is 0 Å². The van der Waals surface area contributed by atoms with E-state index in [0.29, 0.717) is 22.1 Å². The van der Waals surface area contributed by atoms with Crippen LogP contribution in [0.15, 0.2) is 12.1 Å². The molecule has 5 heteroatoms. The first-order valence-electron chi connectivity index (χ1n) is 7.31. The fraction of sp³-hybridized carbons (Fsp3) is 0.533. The highest BCUT2D eigenvalue weighted by Crippen LogP contribution is 2.39. The number of hydrogen-bond donors (Lipinski definition) is 2. The lowest BCUT2D eigenvalue weighted by Gasteiger charge is -2.24. The highest BCUT2D eigenvalue weighted by molar-refractivity contribution is 6.42. The van der Waals surface area contributed by atoms with E-state index in [2.05, 4.69) is 10.3 Å². The minimum absolute atomic E-state index is 0.341. The van der Waals surface area contributed by atoms with Gasteiger partial charge in [-0.05, 0) is 37.3 Å². The molecular formula is C15H17Cl2N3. The molecule has 0 bridgehead atoms. The average Bonchev–Trinajstić information content (AvgIpc) is 3.02. The monoisotopic (exact) mass is 309 g/mol. The van der Waals surface area contributed by atoms with Crippen LogP contribution < -0.4 is 5.32 Å². The van der Waals surface area contributed by atoms with Gasteiger partial charge in [0.2, 0.25) is 0 Å². The van der Waals surface area contributed by atoms with Gasteiger partial charge in [0, 0.05) is 6.04 Å². The van der Waals surface area contributed by atoms with Gasteiger partial charge < -0.3 is 10.3 Å². The SMILES string of the molecule is Clc1cc2nc(C3CC4CCCCC4N3)[nH]c2cc1Cl. The van der Waals surface area contributed by atoms with Gasteiger partial charge in [-0.1, -0.05) is 36.0 Å². The maximum Gasteiger partial charge on any atom is 0.124 e. The first kappa shape index (κ1) is 12.9. The molecule has 1 aliphatic heterocycles. The number of aromatic amines is 1. The summed E-state index contributed by atoms with van der Waals surface area (Å²) in [5.74, 6) is 1.84. The predicted octanol–water partition coefficient (Wildman–Crippen LogP) is 4.46. The molecular weight excluding hydrogens is 293 g/mol. The minimum atomic E-state index is 0.341. The second-order valence-corrected chi connectivity index (χ2v) is 6.83. The van der Waals surface area contributed by atoms with Gasteiger partial charge in [0.15, 0.2) is 0 Å². The predicted molar refractivity (Wildman–Crippen MR) is 82.4 cm³/mol. The van der Waals surface area contributed by atoms with Crippen LogP contribution in [0.2, 0.25) is 10.0 Å². The van der Waals surface area contributed by atoms with Crippen molar-refractivity contribution in [3.63, 3.8) is 0 Å².